The minimum absolute atomic E-state index is 0.0309. The summed E-state index contributed by atoms with van der Waals surface area (Å²) in [5, 5.41) is 17.4. The lowest BCUT2D eigenvalue weighted by Gasteiger charge is -2.20. The molecule has 0 bridgehead atoms. The van der Waals surface area contributed by atoms with Crippen molar-refractivity contribution < 1.29 is 14.3 Å². The van der Waals surface area contributed by atoms with E-state index in [4.69, 9.17) is 0 Å². The number of carboxylic acids is 1. The zero-order valence-electron chi connectivity index (χ0n) is 27.7. The van der Waals surface area contributed by atoms with Gasteiger partial charge in [0.2, 0.25) is 0 Å². The van der Waals surface area contributed by atoms with Crippen LogP contribution in [0.15, 0.2) is 76.7 Å². The van der Waals surface area contributed by atoms with Crippen LogP contribution < -0.4 is 16.4 Å². The third kappa shape index (κ3) is 6.33. The van der Waals surface area contributed by atoms with Gasteiger partial charge in [0.05, 0.1) is 22.7 Å². The van der Waals surface area contributed by atoms with Gasteiger partial charge in [-0.3, -0.25) is 14.4 Å². The zero-order valence-corrected chi connectivity index (χ0v) is 27.7. The average molecular weight is 626 g/mol. The van der Waals surface area contributed by atoms with Crippen LogP contribution in [0.5, 0.6) is 0 Å². The maximum Gasteiger partial charge on any atom is 0.313 e. The van der Waals surface area contributed by atoms with Crippen LogP contribution in [0.3, 0.4) is 0 Å². The van der Waals surface area contributed by atoms with Crippen LogP contribution in [0.1, 0.15) is 65.2 Å². The van der Waals surface area contributed by atoms with Gasteiger partial charge < -0.3 is 15.0 Å². The molecule has 5 rings (SSSR count). The maximum atomic E-state index is 15.3. The van der Waals surface area contributed by atoms with E-state index in [1.807, 2.05) is 47.6 Å². The second-order valence-electron chi connectivity index (χ2n) is 12.5. The van der Waals surface area contributed by atoms with Gasteiger partial charge in [-0.15, -0.1) is 0 Å². The van der Waals surface area contributed by atoms with Gasteiger partial charge >= 0.3 is 5.97 Å². The number of benzene rings is 2. The molecule has 0 aliphatic rings. The van der Waals surface area contributed by atoms with Gasteiger partial charge in [0.1, 0.15) is 17.3 Å². The van der Waals surface area contributed by atoms with Gasteiger partial charge in [-0.2, -0.15) is 9.78 Å². The molecule has 10 heteroatoms. The molecule has 3 heterocycles. The number of nitrogens with one attached hydrogen (secondary N) is 1. The summed E-state index contributed by atoms with van der Waals surface area (Å²) in [4.78, 5) is 42.5. The molecular formula is C36H40FN5O4. The van der Waals surface area contributed by atoms with Crippen LogP contribution in [0, 0.1) is 12.7 Å². The number of rotatable bonds is 6. The third-order valence-corrected chi connectivity index (χ3v) is 8.02. The second-order valence-corrected chi connectivity index (χ2v) is 12.5. The molecule has 46 heavy (non-hydrogen) atoms. The first-order valence-electron chi connectivity index (χ1n) is 15.1. The van der Waals surface area contributed by atoms with Crippen LogP contribution >= 0.6 is 0 Å². The van der Waals surface area contributed by atoms with Gasteiger partial charge in [-0.25, -0.2) is 9.37 Å². The highest BCUT2D eigenvalue weighted by Gasteiger charge is 2.29. The van der Waals surface area contributed by atoms with Crippen LogP contribution in [0.2, 0.25) is 0 Å². The van der Waals surface area contributed by atoms with Crippen molar-refractivity contribution in [2.24, 2.45) is 7.05 Å². The topological polar surface area (TPSA) is 119 Å². The third-order valence-electron chi connectivity index (χ3n) is 8.02. The fourth-order valence-corrected chi connectivity index (χ4v) is 5.05. The van der Waals surface area contributed by atoms with E-state index in [1.54, 1.807) is 63.5 Å². The molecule has 0 saturated heterocycles. The van der Waals surface area contributed by atoms with E-state index in [0.717, 1.165) is 11.1 Å². The number of halogens is 1. The second kappa shape index (κ2) is 12.7. The SMILES string of the molecule is CC.Cc1c(-c2cc(Nc3ccc(C(C)(C)C(=O)O)cn3)c(=O)n(C)c2)cccc1-n1ncc2cc(C(C)(C)C)cc(F)c2c1=O. The Kier molecular flexibility index (Phi) is 9.33. The van der Waals surface area contributed by atoms with Crippen molar-refractivity contribution >= 4 is 28.2 Å². The summed E-state index contributed by atoms with van der Waals surface area (Å²) >= 11 is 0. The lowest BCUT2D eigenvalue weighted by atomic mass is 9.86. The van der Waals surface area contributed by atoms with Crippen molar-refractivity contribution in [2.45, 2.75) is 66.2 Å². The molecule has 0 amide bonds. The summed E-state index contributed by atoms with van der Waals surface area (Å²) in [6.07, 6.45) is 4.67. The number of hydrogen-bond donors (Lipinski definition) is 2. The first kappa shape index (κ1) is 33.8. The Labute approximate surface area is 267 Å². The summed E-state index contributed by atoms with van der Waals surface area (Å²) in [6.45, 7) is 15.0. The van der Waals surface area contributed by atoms with Gasteiger partial charge in [-0.1, -0.05) is 52.8 Å². The van der Waals surface area contributed by atoms with Gasteiger partial charge in [-0.05, 0) is 78.8 Å². The lowest BCUT2D eigenvalue weighted by molar-refractivity contribution is -0.142. The number of aliphatic carboxylic acids is 1. The van der Waals surface area contributed by atoms with E-state index >= 15 is 4.39 Å². The van der Waals surface area contributed by atoms with Crippen LogP contribution in [0.25, 0.3) is 27.6 Å². The molecule has 240 valence electrons. The predicted octanol–water partition coefficient (Wildman–Crippen LogP) is 7.02. The number of fused-ring (bicyclic) bond motifs is 1. The summed E-state index contributed by atoms with van der Waals surface area (Å²) in [5.41, 5.74) is 1.89. The van der Waals surface area contributed by atoms with E-state index in [2.05, 4.69) is 15.4 Å². The van der Waals surface area contributed by atoms with Crippen molar-refractivity contribution in [1.29, 1.82) is 0 Å². The highest BCUT2D eigenvalue weighted by atomic mass is 19.1. The number of nitrogens with zero attached hydrogens (tertiary/aromatic N) is 4. The lowest BCUT2D eigenvalue weighted by Crippen LogP contribution is -2.28. The van der Waals surface area contributed by atoms with Crippen molar-refractivity contribution in [3.8, 4) is 16.8 Å². The highest BCUT2D eigenvalue weighted by molar-refractivity contribution is 5.83. The Bertz CT molecular complexity index is 2060. The molecule has 5 aromatic rings. The molecule has 0 saturated carbocycles. The predicted molar refractivity (Wildman–Crippen MR) is 181 cm³/mol. The summed E-state index contributed by atoms with van der Waals surface area (Å²) in [7, 11) is 1.63. The number of carboxylic acid groups (broad SMARTS) is 1. The first-order chi connectivity index (χ1) is 21.6. The first-order valence-corrected chi connectivity index (χ1v) is 15.1. The van der Waals surface area contributed by atoms with Gasteiger partial charge in [0, 0.05) is 30.4 Å². The van der Waals surface area contributed by atoms with E-state index in [0.29, 0.717) is 33.6 Å². The Morgan fingerprint density at radius 2 is 1.63 bits per heavy atom. The molecule has 9 nitrogen and oxygen atoms in total. The summed E-state index contributed by atoms with van der Waals surface area (Å²) in [6, 6.07) is 13.6. The Balaban J connectivity index is 0.00000235. The molecule has 0 fully saturated rings. The molecule has 2 N–H and O–H groups in total. The Morgan fingerprint density at radius 1 is 0.935 bits per heavy atom. The minimum Gasteiger partial charge on any atom is -0.481 e. The smallest absolute Gasteiger partial charge is 0.313 e. The van der Waals surface area contributed by atoms with E-state index in [1.165, 1.54) is 27.7 Å². The number of carbonyl (C=O) groups is 1. The minimum atomic E-state index is -1.12. The standard InChI is InChI=1S/C34H34FN5O4.C2H6/c1-19-24(9-8-10-27(19)40-31(42)29-20(16-37-40)13-23(15-25(29)35)33(2,3)4)21-14-26(30(41)39(7)18-21)38-28-12-11-22(17-36-28)34(5,6)32(43)44;1-2/h8-18H,1-7H3,(H,36,38)(H,43,44);1-2H3. The van der Waals surface area contributed by atoms with Crippen molar-refractivity contribution in [2.75, 3.05) is 5.32 Å². The van der Waals surface area contributed by atoms with Gasteiger partial charge in [0.15, 0.2) is 0 Å². The molecule has 3 aromatic heterocycles. The van der Waals surface area contributed by atoms with Crippen molar-refractivity contribution in [3.05, 3.63) is 110 Å². The number of pyridine rings is 2. The monoisotopic (exact) mass is 625 g/mol. The largest absolute Gasteiger partial charge is 0.481 e. The summed E-state index contributed by atoms with van der Waals surface area (Å²) < 4.78 is 17.9. The fraction of sp³-hybridized carbons (Fsp3) is 0.306. The highest BCUT2D eigenvalue weighted by Crippen LogP contribution is 2.30. The van der Waals surface area contributed by atoms with E-state index in [-0.39, 0.29) is 22.0 Å². The van der Waals surface area contributed by atoms with Gasteiger partial charge in [0.25, 0.3) is 11.1 Å². The molecule has 0 unspecified atom stereocenters. The Morgan fingerprint density at radius 3 is 2.24 bits per heavy atom. The van der Waals surface area contributed by atoms with Crippen molar-refractivity contribution in [3.63, 3.8) is 0 Å². The van der Waals surface area contributed by atoms with Crippen LogP contribution in [0.4, 0.5) is 15.9 Å². The summed E-state index contributed by atoms with van der Waals surface area (Å²) in [5.74, 6) is -1.19. The number of aromatic nitrogens is 4. The van der Waals surface area contributed by atoms with E-state index in [9.17, 15) is 19.5 Å². The molecule has 0 aliphatic carbocycles. The molecule has 0 spiro atoms. The molecule has 2 aromatic carbocycles. The zero-order chi connectivity index (χ0) is 34.1. The van der Waals surface area contributed by atoms with Crippen LogP contribution in [-0.2, 0) is 22.7 Å². The number of aryl methyl sites for hydroxylation is 1. The average Bonchev–Trinajstić information content (AvgIpc) is 3.00. The molecular weight excluding hydrogens is 585 g/mol. The molecule has 0 aliphatic heterocycles. The number of anilines is 2. The molecule has 0 atom stereocenters. The quantitative estimate of drug-likeness (QED) is 0.208. The van der Waals surface area contributed by atoms with Crippen LogP contribution in [-0.4, -0.2) is 30.4 Å². The van der Waals surface area contributed by atoms with Crippen molar-refractivity contribution in [1.82, 2.24) is 19.3 Å². The Hall–Kier alpha value is -5.12. The fourth-order valence-electron chi connectivity index (χ4n) is 5.05. The number of hydrogen-bond acceptors (Lipinski definition) is 6. The molecule has 0 radical (unpaired) electrons. The van der Waals surface area contributed by atoms with E-state index < -0.39 is 22.8 Å². The normalized spacial score (nSPS) is 11.6. The maximum absolute atomic E-state index is 15.3.